The molecule has 1 amide bonds. The highest BCUT2D eigenvalue weighted by molar-refractivity contribution is 6.04. The molecule has 21 heavy (non-hydrogen) atoms. The number of anilines is 1. The van der Waals surface area contributed by atoms with Crippen LogP contribution < -0.4 is 5.32 Å². The number of aliphatic carboxylic acids is 1. The van der Waals surface area contributed by atoms with Gasteiger partial charge in [0, 0.05) is 11.6 Å². The number of carbonyl (C=O) groups is 2. The number of carboxylic acids is 1. The average Bonchev–Trinajstić information content (AvgIpc) is 2.46. The molecule has 5 heteroatoms. The number of carbonyl (C=O) groups excluding carboxylic acids is 1. The maximum absolute atomic E-state index is 12.1. The molecule has 2 aromatic rings. The van der Waals surface area contributed by atoms with Crippen molar-refractivity contribution in [2.24, 2.45) is 0 Å². The van der Waals surface area contributed by atoms with E-state index in [-0.39, 0.29) is 5.91 Å². The van der Waals surface area contributed by atoms with E-state index in [4.69, 9.17) is 5.11 Å². The van der Waals surface area contributed by atoms with E-state index in [1.807, 2.05) is 19.1 Å². The van der Waals surface area contributed by atoms with Crippen molar-refractivity contribution in [2.45, 2.75) is 6.92 Å². The number of nitrogens with one attached hydrogen (secondary N) is 1. The number of hydrogen-bond donors (Lipinski definition) is 2. The average molecular weight is 282 g/mol. The predicted molar refractivity (Wildman–Crippen MR) is 80.0 cm³/mol. The lowest BCUT2D eigenvalue weighted by atomic mass is 10.1. The molecule has 0 saturated heterocycles. The normalized spacial score (nSPS) is 10.5. The van der Waals surface area contributed by atoms with Crippen molar-refractivity contribution in [1.82, 2.24) is 4.98 Å². The fourth-order valence-corrected chi connectivity index (χ4v) is 1.78. The van der Waals surface area contributed by atoms with E-state index < -0.39 is 5.97 Å². The maximum atomic E-state index is 12.1. The number of benzene rings is 1. The maximum Gasteiger partial charge on any atom is 0.328 e. The first-order valence-corrected chi connectivity index (χ1v) is 6.31. The number of nitrogens with zero attached hydrogens (tertiary/aromatic N) is 1. The zero-order valence-corrected chi connectivity index (χ0v) is 11.4. The first-order chi connectivity index (χ1) is 10.1. The number of pyridine rings is 1. The first-order valence-electron chi connectivity index (χ1n) is 6.31. The molecule has 0 spiro atoms. The van der Waals surface area contributed by atoms with Crippen LogP contribution in [0.3, 0.4) is 0 Å². The van der Waals surface area contributed by atoms with Gasteiger partial charge in [0.1, 0.15) is 5.82 Å². The van der Waals surface area contributed by atoms with Gasteiger partial charge in [-0.2, -0.15) is 0 Å². The van der Waals surface area contributed by atoms with Crippen LogP contribution in [0.5, 0.6) is 0 Å². The van der Waals surface area contributed by atoms with Gasteiger partial charge in [-0.3, -0.25) is 4.79 Å². The van der Waals surface area contributed by atoms with Gasteiger partial charge in [-0.15, -0.1) is 0 Å². The molecule has 106 valence electrons. The number of hydrogen-bond acceptors (Lipinski definition) is 3. The van der Waals surface area contributed by atoms with Crippen LogP contribution in [0.15, 0.2) is 48.5 Å². The van der Waals surface area contributed by atoms with Crippen molar-refractivity contribution in [3.63, 3.8) is 0 Å². The minimum Gasteiger partial charge on any atom is -0.478 e. The molecule has 0 aliphatic carbocycles. The predicted octanol–water partition coefficient (Wildman–Crippen LogP) is 2.74. The van der Waals surface area contributed by atoms with Gasteiger partial charge >= 0.3 is 5.97 Å². The molecule has 1 aromatic carbocycles. The minimum absolute atomic E-state index is 0.250. The van der Waals surface area contributed by atoms with E-state index in [2.05, 4.69) is 10.3 Å². The van der Waals surface area contributed by atoms with Crippen LogP contribution in [0.4, 0.5) is 5.82 Å². The zero-order valence-electron chi connectivity index (χ0n) is 11.4. The second-order valence-electron chi connectivity index (χ2n) is 4.39. The molecule has 0 aliphatic rings. The van der Waals surface area contributed by atoms with Gasteiger partial charge in [0.05, 0.1) is 5.69 Å². The summed E-state index contributed by atoms with van der Waals surface area (Å²) in [4.78, 5) is 26.8. The number of aryl methyl sites for hydroxylation is 1. The third-order valence-corrected chi connectivity index (χ3v) is 2.80. The van der Waals surface area contributed by atoms with Gasteiger partial charge in [0.15, 0.2) is 0 Å². The third-order valence-electron chi connectivity index (χ3n) is 2.80. The Balaban J connectivity index is 2.17. The SMILES string of the molecule is Cc1ccccc1C(=O)Nc1cccc(C=CC(=O)O)n1. The number of rotatable bonds is 4. The smallest absolute Gasteiger partial charge is 0.328 e. The molecule has 0 saturated carbocycles. The summed E-state index contributed by atoms with van der Waals surface area (Å²) in [6, 6.07) is 12.2. The summed E-state index contributed by atoms with van der Waals surface area (Å²) < 4.78 is 0. The van der Waals surface area contributed by atoms with Crippen LogP contribution in [0.2, 0.25) is 0 Å². The Labute approximate surface area is 122 Å². The van der Waals surface area contributed by atoms with Crippen molar-refractivity contribution < 1.29 is 14.7 Å². The Morgan fingerprint density at radius 2 is 1.90 bits per heavy atom. The van der Waals surface area contributed by atoms with Gasteiger partial charge in [0.2, 0.25) is 0 Å². The second-order valence-corrected chi connectivity index (χ2v) is 4.39. The van der Waals surface area contributed by atoms with Crippen LogP contribution in [0.1, 0.15) is 21.6 Å². The van der Waals surface area contributed by atoms with Crippen LogP contribution in [0.25, 0.3) is 6.08 Å². The monoisotopic (exact) mass is 282 g/mol. The highest BCUT2D eigenvalue weighted by Gasteiger charge is 2.09. The molecular weight excluding hydrogens is 268 g/mol. The summed E-state index contributed by atoms with van der Waals surface area (Å²) in [5, 5.41) is 11.3. The van der Waals surface area contributed by atoms with Gasteiger partial charge in [-0.1, -0.05) is 24.3 Å². The van der Waals surface area contributed by atoms with Gasteiger partial charge in [0.25, 0.3) is 5.91 Å². The summed E-state index contributed by atoms with van der Waals surface area (Å²) in [6.07, 6.45) is 2.36. The van der Waals surface area contributed by atoms with Gasteiger partial charge < -0.3 is 10.4 Å². The first kappa shape index (κ1) is 14.5. The lowest BCUT2D eigenvalue weighted by Gasteiger charge is -2.07. The second kappa shape index (κ2) is 6.47. The number of aromatic nitrogens is 1. The Hall–Kier alpha value is -2.95. The van der Waals surface area contributed by atoms with Gasteiger partial charge in [-0.05, 0) is 36.8 Å². The van der Waals surface area contributed by atoms with E-state index in [1.165, 1.54) is 6.08 Å². The fraction of sp³-hybridized carbons (Fsp3) is 0.0625. The largest absolute Gasteiger partial charge is 0.478 e. The molecule has 0 radical (unpaired) electrons. The highest BCUT2D eigenvalue weighted by Crippen LogP contribution is 2.11. The van der Waals surface area contributed by atoms with Gasteiger partial charge in [-0.25, -0.2) is 9.78 Å². The van der Waals surface area contributed by atoms with Crippen molar-refractivity contribution in [3.05, 3.63) is 65.4 Å². The summed E-state index contributed by atoms with van der Waals surface area (Å²) in [5.74, 6) is -0.929. The molecule has 2 rings (SSSR count). The van der Waals surface area contributed by atoms with Crippen LogP contribution >= 0.6 is 0 Å². The molecule has 0 aliphatic heterocycles. The highest BCUT2D eigenvalue weighted by atomic mass is 16.4. The standard InChI is InChI=1S/C16H14N2O3/c1-11-5-2-3-7-13(11)16(21)18-14-8-4-6-12(17-14)9-10-15(19)20/h2-10H,1H3,(H,19,20)(H,17,18,21). The zero-order chi connectivity index (χ0) is 15.2. The summed E-state index contributed by atoms with van der Waals surface area (Å²) in [7, 11) is 0. The molecule has 0 unspecified atom stereocenters. The van der Waals surface area contributed by atoms with Crippen molar-refractivity contribution >= 4 is 23.8 Å². The van der Waals surface area contributed by atoms with E-state index >= 15 is 0 Å². The topological polar surface area (TPSA) is 79.3 Å². The Bertz CT molecular complexity index is 708. The summed E-state index contributed by atoms with van der Waals surface area (Å²) in [5.41, 5.74) is 1.91. The molecule has 1 aromatic heterocycles. The van der Waals surface area contributed by atoms with Crippen LogP contribution in [-0.2, 0) is 4.79 Å². The summed E-state index contributed by atoms with van der Waals surface area (Å²) in [6.45, 7) is 1.86. The number of amides is 1. The molecule has 0 atom stereocenters. The fourth-order valence-electron chi connectivity index (χ4n) is 1.78. The molecule has 5 nitrogen and oxygen atoms in total. The molecule has 2 N–H and O–H groups in total. The quantitative estimate of drug-likeness (QED) is 0.845. The van der Waals surface area contributed by atoms with Crippen molar-refractivity contribution in [1.29, 1.82) is 0 Å². The molecular formula is C16H14N2O3. The van der Waals surface area contributed by atoms with E-state index in [9.17, 15) is 9.59 Å². The Kier molecular flexibility index (Phi) is 4.46. The van der Waals surface area contributed by atoms with Crippen molar-refractivity contribution in [3.8, 4) is 0 Å². The van der Waals surface area contributed by atoms with Crippen LogP contribution in [-0.4, -0.2) is 22.0 Å². The third kappa shape index (κ3) is 4.01. The molecule has 0 fully saturated rings. The van der Waals surface area contributed by atoms with Crippen molar-refractivity contribution in [2.75, 3.05) is 5.32 Å². The minimum atomic E-state index is -1.05. The Morgan fingerprint density at radius 3 is 2.62 bits per heavy atom. The van der Waals surface area contributed by atoms with E-state index in [0.29, 0.717) is 17.1 Å². The van der Waals surface area contributed by atoms with E-state index in [1.54, 1.807) is 30.3 Å². The van der Waals surface area contributed by atoms with Crippen LogP contribution in [0, 0.1) is 6.92 Å². The lowest BCUT2D eigenvalue weighted by Crippen LogP contribution is -2.14. The molecule has 1 heterocycles. The summed E-state index contributed by atoms with van der Waals surface area (Å²) >= 11 is 0. The lowest BCUT2D eigenvalue weighted by molar-refractivity contribution is -0.131. The Morgan fingerprint density at radius 1 is 1.14 bits per heavy atom. The molecule has 0 bridgehead atoms. The number of carboxylic acid groups (broad SMARTS) is 1. The van der Waals surface area contributed by atoms with E-state index in [0.717, 1.165) is 11.6 Å².